The van der Waals surface area contributed by atoms with Crippen LogP contribution in [0.15, 0.2) is 24.3 Å². The van der Waals surface area contributed by atoms with Crippen LogP contribution < -0.4 is 10.1 Å². The Hall–Kier alpha value is -1.69. The Morgan fingerprint density at radius 3 is 2.50 bits per heavy atom. The van der Waals surface area contributed by atoms with Gasteiger partial charge in [-0.05, 0) is 30.0 Å². The van der Waals surface area contributed by atoms with Crippen LogP contribution in [0.5, 0.6) is 5.75 Å². The fraction of sp³-hybridized carbons (Fsp3) is 0.611. The Morgan fingerprint density at radius 2 is 1.92 bits per heavy atom. The Labute approximate surface area is 141 Å². The molecular formula is C18H25F2NO3. The van der Waals surface area contributed by atoms with Crippen LogP contribution in [0.2, 0.25) is 0 Å². The molecule has 1 saturated carbocycles. The standard InChI is InChI=1S/C18H25F2NO3/c1-12(10-13-4-2-3-5-13)17(23)21-11-16(22)14-6-8-15(9-7-14)24-18(19)20/h6-9,12-13,16,18,22H,2-5,10-11H2,1H3,(H,21,23). The van der Waals surface area contributed by atoms with Crippen LogP contribution in [0, 0.1) is 11.8 Å². The van der Waals surface area contributed by atoms with E-state index in [1.165, 1.54) is 49.9 Å². The summed E-state index contributed by atoms with van der Waals surface area (Å²) in [7, 11) is 0. The first-order chi connectivity index (χ1) is 11.5. The summed E-state index contributed by atoms with van der Waals surface area (Å²) in [5, 5.41) is 12.9. The van der Waals surface area contributed by atoms with Gasteiger partial charge >= 0.3 is 6.61 Å². The van der Waals surface area contributed by atoms with Crippen molar-refractivity contribution in [3.8, 4) is 5.75 Å². The smallest absolute Gasteiger partial charge is 0.387 e. The van der Waals surface area contributed by atoms with Crippen LogP contribution in [0.3, 0.4) is 0 Å². The van der Waals surface area contributed by atoms with Crippen LogP contribution in [0.4, 0.5) is 8.78 Å². The molecule has 6 heteroatoms. The minimum atomic E-state index is -2.87. The van der Waals surface area contributed by atoms with Gasteiger partial charge in [-0.1, -0.05) is 44.7 Å². The van der Waals surface area contributed by atoms with Crippen molar-refractivity contribution in [1.82, 2.24) is 5.32 Å². The number of carbonyl (C=O) groups excluding carboxylic acids is 1. The number of carbonyl (C=O) groups is 1. The molecule has 0 spiro atoms. The lowest BCUT2D eigenvalue weighted by Crippen LogP contribution is -2.33. The summed E-state index contributed by atoms with van der Waals surface area (Å²) in [4.78, 5) is 12.1. The van der Waals surface area contributed by atoms with E-state index in [1.807, 2.05) is 6.92 Å². The second kappa shape index (κ2) is 8.97. The van der Waals surface area contributed by atoms with Crippen molar-refractivity contribution in [1.29, 1.82) is 0 Å². The number of nitrogens with one attached hydrogen (secondary N) is 1. The van der Waals surface area contributed by atoms with E-state index in [2.05, 4.69) is 10.1 Å². The number of rotatable bonds is 8. The highest BCUT2D eigenvalue weighted by Gasteiger charge is 2.22. The number of ether oxygens (including phenoxy) is 1. The van der Waals surface area contributed by atoms with Gasteiger partial charge in [-0.3, -0.25) is 4.79 Å². The largest absolute Gasteiger partial charge is 0.435 e. The zero-order valence-corrected chi connectivity index (χ0v) is 13.9. The first-order valence-electron chi connectivity index (χ1n) is 8.46. The van der Waals surface area contributed by atoms with Gasteiger partial charge in [0.15, 0.2) is 0 Å². The van der Waals surface area contributed by atoms with Crippen LogP contribution in [-0.4, -0.2) is 24.2 Å². The molecule has 134 valence electrons. The lowest BCUT2D eigenvalue weighted by molar-refractivity contribution is -0.125. The summed E-state index contributed by atoms with van der Waals surface area (Å²) in [6.45, 7) is -0.860. The number of hydrogen-bond acceptors (Lipinski definition) is 3. The minimum Gasteiger partial charge on any atom is -0.435 e. The molecule has 0 aliphatic heterocycles. The third-order valence-corrected chi connectivity index (χ3v) is 4.57. The zero-order valence-electron chi connectivity index (χ0n) is 13.9. The van der Waals surface area contributed by atoms with E-state index >= 15 is 0 Å². The van der Waals surface area contributed by atoms with Gasteiger partial charge in [-0.2, -0.15) is 8.78 Å². The molecule has 2 atom stereocenters. The molecule has 2 unspecified atom stereocenters. The third kappa shape index (κ3) is 5.74. The van der Waals surface area contributed by atoms with E-state index < -0.39 is 12.7 Å². The molecule has 24 heavy (non-hydrogen) atoms. The highest BCUT2D eigenvalue weighted by molar-refractivity contribution is 5.78. The van der Waals surface area contributed by atoms with Crippen molar-refractivity contribution < 1.29 is 23.4 Å². The van der Waals surface area contributed by atoms with Crippen molar-refractivity contribution in [2.24, 2.45) is 11.8 Å². The number of benzene rings is 1. The number of hydrogen-bond donors (Lipinski definition) is 2. The third-order valence-electron chi connectivity index (χ3n) is 4.57. The van der Waals surface area contributed by atoms with E-state index in [0.29, 0.717) is 11.5 Å². The Morgan fingerprint density at radius 1 is 1.29 bits per heavy atom. The second-order valence-corrected chi connectivity index (χ2v) is 6.50. The predicted molar refractivity (Wildman–Crippen MR) is 86.8 cm³/mol. The maximum atomic E-state index is 12.1. The Kier molecular flexibility index (Phi) is 6.97. The van der Waals surface area contributed by atoms with Crippen molar-refractivity contribution in [3.63, 3.8) is 0 Å². The van der Waals surface area contributed by atoms with E-state index in [1.54, 1.807) is 0 Å². The second-order valence-electron chi connectivity index (χ2n) is 6.50. The van der Waals surface area contributed by atoms with Gasteiger partial charge in [0, 0.05) is 12.5 Å². The molecule has 1 aliphatic rings. The molecule has 0 bridgehead atoms. The summed E-state index contributed by atoms with van der Waals surface area (Å²) >= 11 is 0. The molecule has 1 aromatic carbocycles. The average molecular weight is 341 g/mol. The quantitative estimate of drug-likeness (QED) is 0.759. The Bertz CT molecular complexity index is 516. The van der Waals surface area contributed by atoms with Gasteiger partial charge in [0.1, 0.15) is 5.75 Å². The highest BCUT2D eigenvalue weighted by Crippen LogP contribution is 2.30. The van der Waals surface area contributed by atoms with E-state index in [4.69, 9.17) is 0 Å². The van der Waals surface area contributed by atoms with E-state index in [0.717, 1.165) is 6.42 Å². The van der Waals surface area contributed by atoms with Gasteiger partial charge in [-0.15, -0.1) is 0 Å². The summed E-state index contributed by atoms with van der Waals surface area (Å²) in [6.07, 6.45) is 4.92. The van der Waals surface area contributed by atoms with Crippen LogP contribution >= 0.6 is 0 Å². The monoisotopic (exact) mass is 341 g/mol. The number of alkyl halides is 2. The van der Waals surface area contributed by atoms with Crippen molar-refractivity contribution in [2.45, 2.75) is 51.7 Å². The van der Waals surface area contributed by atoms with E-state index in [9.17, 15) is 18.7 Å². The fourth-order valence-corrected chi connectivity index (χ4v) is 3.21. The molecule has 1 fully saturated rings. The number of amides is 1. The molecule has 0 aromatic heterocycles. The van der Waals surface area contributed by atoms with Crippen molar-refractivity contribution in [3.05, 3.63) is 29.8 Å². The Balaban J connectivity index is 1.76. The molecule has 1 aliphatic carbocycles. The zero-order chi connectivity index (χ0) is 17.5. The van der Waals surface area contributed by atoms with Gasteiger partial charge in [0.25, 0.3) is 0 Å². The molecular weight excluding hydrogens is 316 g/mol. The average Bonchev–Trinajstić information content (AvgIpc) is 3.05. The number of halogens is 2. The topological polar surface area (TPSA) is 58.6 Å². The molecule has 1 aromatic rings. The maximum absolute atomic E-state index is 12.1. The molecule has 0 heterocycles. The first kappa shape index (κ1) is 18.6. The highest BCUT2D eigenvalue weighted by atomic mass is 19.3. The van der Waals surface area contributed by atoms with Gasteiger partial charge in [0.2, 0.25) is 5.91 Å². The van der Waals surface area contributed by atoms with Gasteiger partial charge in [-0.25, -0.2) is 0 Å². The molecule has 2 rings (SSSR count). The maximum Gasteiger partial charge on any atom is 0.387 e. The van der Waals surface area contributed by atoms with Crippen molar-refractivity contribution >= 4 is 5.91 Å². The lowest BCUT2D eigenvalue weighted by atomic mass is 9.94. The summed E-state index contributed by atoms with van der Waals surface area (Å²) in [6, 6.07) is 5.76. The lowest BCUT2D eigenvalue weighted by Gasteiger charge is -2.18. The van der Waals surface area contributed by atoms with Crippen LogP contribution in [-0.2, 0) is 4.79 Å². The van der Waals surface area contributed by atoms with Crippen LogP contribution in [0.1, 0.15) is 50.7 Å². The number of aliphatic hydroxyl groups excluding tert-OH is 1. The van der Waals surface area contributed by atoms with Crippen molar-refractivity contribution in [2.75, 3.05) is 6.54 Å². The predicted octanol–water partition coefficient (Wildman–Crippen LogP) is 3.65. The molecule has 0 radical (unpaired) electrons. The normalized spacial score (nSPS) is 17.7. The molecule has 1 amide bonds. The molecule has 0 saturated heterocycles. The molecule has 2 N–H and O–H groups in total. The van der Waals surface area contributed by atoms with Gasteiger partial charge < -0.3 is 15.2 Å². The summed E-state index contributed by atoms with van der Waals surface area (Å²) in [5.74, 6) is 0.550. The first-order valence-corrected chi connectivity index (χ1v) is 8.46. The minimum absolute atomic E-state index is 0.0372. The molecule has 4 nitrogen and oxygen atoms in total. The SMILES string of the molecule is CC(CC1CCCC1)C(=O)NCC(O)c1ccc(OC(F)F)cc1. The van der Waals surface area contributed by atoms with Crippen LogP contribution in [0.25, 0.3) is 0 Å². The van der Waals surface area contributed by atoms with E-state index in [-0.39, 0.29) is 24.1 Å². The summed E-state index contributed by atoms with van der Waals surface area (Å²) < 4.78 is 28.4. The summed E-state index contributed by atoms with van der Waals surface area (Å²) in [5.41, 5.74) is 0.542. The van der Waals surface area contributed by atoms with Gasteiger partial charge in [0.05, 0.1) is 6.10 Å². The fourth-order valence-electron chi connectivity index (χ4n) is 3.21. The number of aliphatic hydroxyl groups is 1.